The second-order valence-electron chi connectivity index (χ2n) is 13.8. The smallest absolute Gasteiger partial charge is 0.101 e. The van der Waals surface area contributed by atoms with Gasteiger partial charge in [-0.2, -0.15) is 5.10 Å². The normalized spacial score (nSPS) is 12.0. The highest BCUT2D eigenvalue weighted by Crippen LogP contribution is 2.41. The Hall–Kier alpha value is -7.21. The van der Waals surface area contributed by atoms with Gasteiger partial charge in [-0.25, -0.2) is 4.52 Å². The molecule has 3 heterocycles. The first-order valence-corrected chi connectivity index (χ1v) is 19.5. The second-order valence-corrected chi connectivity index (χ2v) is 14.9. The number of fused-ring (bicyclic) bond motifs is 6. The van der Waals surface area contributed by atoms with E-state index in [9.17, 15) is 0 Å². The van der Waals surface area contributed by atoms with Crippen LogP contribution in [-0.2, 0) is 0 Å². The Bertz CT molecular complexity index is 3120. The number of pyridine rings is 1. The molecule has 5 heteroatoms. The van der Waals surface area contributed by atoms with Gasteiger partial charge in [0.2, 0.25) is 0 Å². The van der Waals surface area contributed by atoms with Crippen molar-refractivity contribution in [2.75, 3.05) is 0 Å². The van der Waals surface area contributed by atoms with Crippen molar-refractivity contribution in [2.24, 2.45) is 4.99 Å². The minimum absolute atomic E-state index is 0.410. The summed E-state index contributed by atoms with van der Waals surface area (Å²) in [5.41, 5.74) is 11.3. The first-order chi connectivity index (χ1) is 27.7. The zero-order valence-electron chi connectivity index (χ0n) is 30.3. The van der Waals surface area contributed by atoms with Crippen molar-refractivity contribution >= 4 is 65.4 Å². The van der Waals surface area contributed by atoms with Gasteiger partial charge in [0.1, 0.15) is 5.69 Å². The van der Waals surface area contributed by atoms with Gasteiger partial charge in [-0.05, 0) is 46.4 Å². The maximum Gasteiger partial charge on any atom is 0.101 e. The van der Waals surface area contributed by atoms with E-state index in [1.54, 1.807) is 11.3 Å². The Balaban J connectivity index is 1.11. The Morgan fingerprint density at radius 3 is 2.00 bits per heavy atom. The minimum atomic E-state index is 0.410. The Morgan fingerprint density at radius 1 is 0.589 bits per heavy atom. The molecule has 0 aliphatic heterocycles. The molecule has 0 amide bonds. The van der Waals surface area contributed by atoms with Crippen molar-refractivity contribution in [3.63, 3.8) is 0 Å². The Morgan fingerprint density at radius 2 is 1.23 bits per heavy atom. The number of benzene rings is 7. The van der Waals surface area contributed by atoms with Crippen LogP contribution in [0, 0.1) is 5.41 Å². The lowest BCUT2D eigenvalue weighted by Crippen LogP contribution is -1.96. The molecule has 0 unspecified atom stereocenters. The van der Waals surface area contributed by atoms with Gasteiger partial charge in [0.05, 0.1) is 22.6 Å². The number of nitrogens with one attached hydrogen (secondary N) is 1. The summed E-state index contributed by atoms with van der Waals surface area (Å²) in [6, 6.07) is 65.1. The average Bonchev–Trinajstić information content (AvgIpc) is 3.86. The van der Waals surface area contributed by atoms with Crippen molar-refractivity contribution in [3.05, 3.63) is 211 Å². The third-order valence-electron chi connectivity index (χ3n) is 10.3. The van der Waals surface area contributed by atoms with Crippen LogP contribution in [0.3, 0.4) is 0 Å². The quantitative estimate of drug-likeness (QED) is 0.155. The van der Waals surface area contributed by atoms with Crippen molar-refractivity contribution in [1.29, 1.82) is 5.41 Å². The number of hydrogen-bond acceptors (Lipinski definition) is 4. The number of aromatic nitrogens is 2. The third kappa shape index (κ3) is 6.01. The van der Waals surface area contributed by atoms with E-state index in [1.807, 2.05) is 54.8 Å². The summed E-state index contributed by atoms with van der Waals surface area (Å²) < 4.78 is 4.56. The number of hydrogen-bond donors (Lipinski definition) is 1. The molecule has 0 spiro atoms. The van der Waals surface area contributed by atoms with Gasteiger partial charge >= 0.3 is 0 Å². The molecule has 10 aromatic rings. The second kappa shape index (κ2) is 14.2. The lowest BCUT2D eigenvalue weighted by Gasteiger charge is -2.11. The maximum absolute atomic E-state index is 9.06. The summed E-state index contributed by atoms with van der Waals surface area (Å²) in [6.45, 7) is 0. The van der Waals surface area contributed by atoms with E-state index < -0.39 is 0 Å². The van der Waals surface area contributed by atoms with Gasteiger partial charge < -0.3 is 5.41 Å². The van der Waals surface area contributed by atoms with Gasteiger partial charge in [0.15, 0.2) is 0 Å². The molecule has 0 saturated heterocycles. The number of rotatable bonds is 8. The molecular formula is C51H34N4S. The summed E-state index contributed by atoms with van der Waals surface area (Å²) in [5.74, 6) is 0. The summed E-state index contributed by atoms with van der Waals surface area (Å²) in [4.78, 5) is 5.14. The highest BCUT2D eigenvalue weighted by molar-refractivity contribution is 7.25. The van der Waals surface area contributed by atoms with E-state index in [2.05, 4.69) is 150 Å². The van der Waals surface area contributed by atoms with Gasteiger partial charge in [0.25, 0.3) is 0 Å². The van der Waals surface area contributed by atoms with Crippen LogP contribution in [0.15, 0.2) is 199 Å². The van der Waals surface area contributed by atoms with E-state index in [1.165, 1.54) is 14.8 Å². The lowest BCUT2D eigenvalue weighted by atomic mass is 9.96. The third-order valence-corrected chi connectivity index (χ3v) is 11.5. The van der Waals surface area contributed by atoms with Crippen LogP contribution in [-0.4, -0.2) is 21.5 Å². The molecule has 3 aromatic heterocycles. The number of nitrogens with zero attached hydrogens (tertiary/aromatic N) is 3. The van der Waals surface area contributed by atoms with Crippen LogP contribution in [0.5, 0.6) is 0 Å². The topological polar surface area (TPSA) is 53.5 Å². The molecule has 4 nitrogen and oxygen atoms in total. The SMILES string of the molecule is N=C(/C=C(\N=Cc1ccc(-c2c(-c3ccccc3)nn3c(-c4ccccc4)cc4ccccc4c23)cc1)c1cccc2sc3ccccc3c12)c1ccccc1. The highest BCUT2D eigenvalue weighted by atomic mass is 32.1. The average molecular weight is 735 g/mol. The zero-order valence-corrected chi connectivity index (χ0v) is 31.1. The molecule has 1 N–H and O–H groups in total. The molecule has 0 radical (unpaired) electrons. The predicted molar refractivity (Wildman–Crippen MR) is 237 cm³/mol. The minimum Gasteiger partial charge on any atom is -0.300 e. The Kier molecular flexibility index (Phi) is 8.47. The van der Waals surface area contributed by atoms with Crippen LogP contribution in [0.1, 0.15) is 16.7 Å². The van der Waals surface area contributed by atoms with Crippen molar-refractivity contribution < 1.29 is 0 Å². The largest absolute Gasteiger partial charge is 0.300 e. The molecule has 0 atom stereocenters. The first kappa shape index (κ1) is 33.4. The fourth-order valence-electron chi connectivity index (χ4n) is 7.66. The van der Waals surface area contributed by atoms with Crippen LogP contribution in [0.4, 0.5) is 0 Å². The fraction of sp³-hybridized carbons (Fsp3) is 0. The molecule has 0 bridgehead atoms. The van der Waals surface area contributed by atoms with Gasteiger partial charge in [-0.1, -0.05) is 170 Å². The van der Waals surface area contributed by atoms with Crippen molar-refractivity contribution in [1.82, 2.24) is 9.61 Å². The molecule has 56 heavy (non-hydrogen) atoms. The lowest BCUT2D eigenvalue weighted by molar-refractivity contribution is 0.979. The molecular weight excluding hydrogens is 701 g/mol. The molecule has 0 aliphatic carbocycles. The van der Waals surface area contributed by atoms with Gasteiger partial charge in [-0.3, -0.25) is 4.99 Å². The molecule has 0 aliphatic rings. The number of thiophene rings is 1. The summed E-state index contributed by atoms with van der Waals surface area (Å²) >= 11 is 1.78. The molecule has 264 valence electrons. The molecule has 7 aromatic carbocycles. The van der Waals surface area contributed by atoms with E-state index in [4.69, 9.17) is 15.5 Å². The molecule has 0 saturated carbocycles. The first-order valence-electron chi connectivity index (χ1n) is 18.7. The van der Waals surface area contributed by atoms with Crippen molar-refractivity contribution in [2.45, 2.75) is 0 Å². The van der Waals surface area contributed by atoms with E-state index in [-0.39, 0.29) is 0 Å². The number of allylic oxidation sites excluding steroid dienone is 1. The van der Waals surface area contributed by atoms with E-state index >= 15 is 0 Å². The fourth-order valence-corrected chi connectivity index (χ4v) is 8.80. The standard InChI is InChI=1S/C51H34N4S/c52-43(35-15-4-1-5-16-35)32-44(41-24-14-26-47-49(41)42-23-12-13-25-46(42)56-47)53-33-34-27-29-37(30-28-34)48-50(38-19-8-3-9-20-38)54-55-45(36-17-6-2-7-18-36)31-39-21-10-11-22-40(39)51(48)55/h1-33,52H/b44-32-,52-43?,53-33?. The molecule has 10 rings (SSSR count). The zero-order chi connectivity index (χ0) is 37.4. The summed E-state index contributed by atoms with van der Waals surface area (Å²) in [5, 5.41) is 19.1. The van der Waals surface area contributed by atoms with Gasteiger partial charge in [0, 0.05) is 54.0 Å². The monoisotopic (exact) mass is 734 g/mol. The summed E-state index contributed by atoms with van der Waals surface area (Å²) in [7, 11) is 0. The molecule has 0 fully saturated rings. The van der Waals surface area contributed by atoms with Crippen LogP contribution >= 0.6 is 11.3 Å². The highest BCUT2D eigenvalue weighted by Gasteiger charge is 2.21. The summed E-state index contributed by atoms with van der Waals surface area (Å²) in [6.07, 6.45) is 3.81. The van der Waals surface area contributed by atoms with Crippen LogP contribution in [0.25, 0.3) is 75.8 Å². The Labute approximate surface area is 328 Å². The van der Waals surface area contributed by atoms with Crippen molar-refractivity contribution in [3.8, 4) is 33.6 Å². The van der Waals surface area contributed by atoms with E-state index in [0.717, 1.165) is 77.7 Å². The van der Waals surface area contributed by atoms with Crippen LogP contribution < -0.4 is 0 Å². The van der Waals surface area contributed by atoms with E-state index in [0.29, 0.717) is 5.71 Å². The number of aliphatic imine (C=N–C) groups is 1. The predicted octanol–water partition coefficient (Wildman–Crippen LogP) is 13.4. The van der Waals surface area contributed by atoms with Gasteiger partial charge in [-0.15, -0.1) is 11.3 Å². The maximum atomic E-state index is 9.06. The van der Waals surface area contributed by atoms with Crippen LogP contribution in [0.2, 0.25) is 0 Å².